The zero-order valence-corrected chi connectivity index (χ0v) is 14.0. The molecule has 0 heterocycles. The molecule has 0 amide bonds. The standard InChI is InChI=1S/C16H14F4N2O2S/c1-23-13-6-4-10(8-14(13)24-2)21-15(25)22-12-7-9(16(18,19)20)3-5-11(12)17/h3-8H,1-2H3,(H2,21,22,25). The Bertz CT molecular complexity index is 781. The van der Waals surface area contributed by atoms with Crippen molar-refractivity contribution in [1.82, 2.24) is 0 Å². The van der Waals surface area contributed by atoms with E-state index in [9.17, 15) is 17.6 Å². The lowest BCUT2D eigenvalue weighted by Gasteiger charge is -2.15. The van der Waals surface area contributed by atoms with E-state index in [0.717, 1.165) is 6.07 Å². The third kappa shape index (κ3) is 4.72. The number of methoxy groups -OCH3 is 2. The molecule has 2 aromatic carbocycles. The summed E-state index contributed by atoms with van der Waals surface area (Å²) in [5.74, 6) is 0.0702. The summed E-state index contributed by atoms with van der Waals surface area (Å²) in [6, 6.07) is 6.86. The minimum atomic E-state index is -4.58. The molecule has 0 atom stereocenters. The van der Waals surface area contributed by atoms with Gasteiger partial charge in [-0.1, -0.05) is 0 Å². The van der Waals surface area contributed by atoms with Gasteiger partial charge in [-0.25, -0.2) is 4.39 Å². The van der Waals surface area contributed by atoms with Crippen LogP contribution in [0.5, 0.6) is 11.5 Å². The van der Waals surface area contributed by atoms with Crippen LogP contribution >= 0.6 is 12.2 Å². The number of thiocarbonyl (C=S) groups is 1. The van der Waals surface area contributed by atoms with Gasteiger partial charge in [-0.2, -0.15) is 13.2 Å². The lowest BCUT2D eigenvalue weighted by molar-refractivity contribution is -0.137. The van der Waals surface area contributed by atoms with Crippen LogP contribution in [0.25, 0.3) is 0 Å². The van der Waals surface area contributed by atoms with Gasteiger partial charge < -0.3 is 20.1 Å². The van der Waals surface area contributed by atoms with E-state index in [-0.39, 0.29) is 10.8 Å². The normalized spacial score (nSPS) is 11.0. The van der Waals surface area contributed by atoms with E-state index in [1.54, 1.807) is 18.2 Å². The molecule has 0 saturated carbocycles. The smallest absolute Gasteiger partial charge is 0.416 e. The Balaban J connectivity index is 2.15. The number of ether oxygens (including phenoxy) is 2. The number of benzene rings is 2. The maximum atomic E-state index is 13.7. The van der Waals surface area contributed by atoms with Crippen molar-refractivity contribution in [2.45, 2.75) is 6.18 Å². The van der Waals surface area contributed by atoms with Crippen molar-refractivity contribution < 1.29 is 27.0 Å². The molecule has 0 aliphatic rings. The van der Waals surface area contributed by atoms with E-state index in [0.29, 0.717) is 29.3 Å². The van der Waals surface area contributed by atoms with Crippen LogP contribution in [0.15, 0.2) is 36.4 Å². The molecule has 4 nitrogen and oxygen atoms in total. The summed E-state index contributed by atoms with van der Waals surface area (Å²) in [7, 11) is 2.93. The average Bonchev–Trinajstić information content (AvgIpc) is 2.55. The molecule has 0 fully saturated rings. The zero-order chi connectivity index (χ0) is 18.6. The van der Waals surface area contributed by atoms with Crippen LogP contribution in [0.2, 0.25) is 0 Å². The van der Waals surface area contributed by atoms with E-state index in [2.05, 4.69) is 10.6 Å². The summed E-state index contributed by atoms with van der Waals surface area (Å²) >= 11 is 5.01. The van der Waals surface area contributed by atoms with Crippen LogP contribution in [-0.2, 0) is 6.18 Å². The molecule has 0 spiro atoms. The average molecular weight is 374 g/mol. The third-order valence-corrected chi connectivity index (χ3v) is 3.39. The summed E-state index contributed by atoms with van der Waals surface area (Å²) in [4.78, 5) is 0. The van der Waals surface area contributed by atoms with Crippen LogP contribution < -0.4 is 20.1 Å². The van der Waals surface area contributed by atoms with E-state index in [1.165, 1.54) is 14.2 Å². The summed E-state index contributed by atoms with van der Waals surface area (Å²) in [5.41, 5.74) is -0.874. The first kappa shape index (κ1) is 18.8. The van der Waals surface area contributed by atoms with Gasteiger partial charge in [0.2, 0.25) is 0 Å². The molecule has 2 aromatic rings. The fraction of sp³-hybridized carbons (Fsp3) is 0.188. The SMILES string of the molecule is COc1ccc(NC(=S)Nc2cc(C(F)(F)F)ccc2F)cc1OC. The number of hydrogen-bond donors (Lipinski definition) is 2. The quantitative estimate of drug-likeness (QED) is 0.601. The molecule has 0 saturated heterocycles. The molecule has 0 bridgehead atoms. The number of alkyl halides is 3. The first-order chi connectivity index (χ1) is 11.7. The molecule has 0 aliphatic heterocycles. The van der Waals surface area contributed by atoms with E-state index >= 15 is 0 Å². The van der Waals surface area contributed by atoms with Crippen molar-refractivity contribution >= 4 is 28.7 Å². The molecule has 2 N–H and O–H groups in total. The molecule has 2 rings (SSSR count). The Labute approximate surface area is 146 Å². The Morgan fingerprint density at radius 2 is 1.64 bits per heavy atom. The highest BCUT2D eigenvalue weighted by Crippen LogP contribution is 2.32. The van der Waals surface area contributed by atoms with Gasteiger partial charge in [0.25, 0.3) is 0 Å². The van der Waals surface area contributed by atoms with E-state index in [4.69, 9.17) is 21.7 Å². The molecular weight excluding hydrogens is 360 g/mol. The monoisotopic (exact) mass is 374 g/mol. The molecule has 25 heavy (non-hydrogen) atoms. The van der Waals surface area contributed by atoms with Crippen LogP contribution in [0.1, 0.15) is 5.56 Å². The van der Waals surface area contributed by atoms with Crippen molar-refractivity contribution in [2.24, 2.45) is 0 Å². The Hall–Kier alpha value is -2.55. The lowest BCUT2D eigenvalue weighted by atomic mass is 10.2. The molecule has 0 aliphatic carbocycles. The van der Waals surface area contributed by atoms with Gasteiger partial charge in [-0.15, -0.1) is 0 Å². The number of halogens is 4. The fourth-order valence-electron chi connectivity index (χ4n) is 2.00. The molecule has 0 aromatic heterocycles. The maximum absolute atomic E-state index is 13.7. The van der Waals surface area contributed by atoms with E-state index in [1.807, 2.05) is 0 Å². The van der Waals surface area contributed by atoms with Crippen molar-refractivity contribution in [2.75, 3.05) is 24.9 Å². The minimum absolute atomic E-state index is 0.0783. The van der Waals surface area contributed by atoms with Gasteiger partial charge in [-0.05, 0) is 42.5 Å². The van der Waals surface area contributed by atoms with Crippen molar-refractivity contribution in [1.29, 1.82) is 0 Å². The highest BCUT2D eigenvalue weighted by Gasteiger charge is 2.31. The summed E-state index contributed by atoms with van der Waals surface area (Å²) in [6.07, 6.45) is -4.58. The van der Waals surface area contributed by atoms with Gasteiger partial charge in [0.15, 0.2) is 16.6 Å². The van der Waals surface area contributed by atoms with Crippen molar-refractivity contribution in [3.63, 3.8) is 0 Å². The Kier molecular flexibility index (Phi) is 5.68. The first-order valence-corrected chi connectivity index (χ1v) is 7.32. The number of rotatable bonds is 4. The summed E-state index contributed by atoms with van der Waals surface area (Å²) < 4.78 is 62.1. The Morgan fingerprint density at radius 3 is 2.24 bits per heavy atom. The Morgan fingerprint density at radius 1 is 0.960 bits per heavy atom. The largest absolute Gasteiger partial charge is 0.493 e. The second kappa shape index (κ2) is 7.56. The van der Waals surface area contributed by atoms with Gasteiger partial charge >= 0.3 is 6.18 Å². The van der Waals surface area contributed by atoms with Gasteiger partial charge in [0.1, 0.15) is 5.82 Å². The molecule has 0 radical (unpaired) electrons. The first-order valence-electron chi connectivity index (χ1n) is 6.91. The predicted molar refractivity (Wildman–Crippen MR) is 90.8 cm³/mol. The predicted octanol–water partition coefficient (Wildman–Crippen LogP) is 4.67. The van der Waals surface area contributed by atoms with Crippen molar-refractivity contribution in [3.05, 3.63) is 47.8 Å². The number of hydrogen-bond acceptors (Lipinski definition) is 3. The molecule has 0 unspecified atom stereocenters. The minimum Gasteiger partial charge on any atom is -0.493 e. The highest BCUT2D eigenvalue weighted by molar-refractivity contribution is 7.80. The zero-order valence-electron chi connectivity index (χ0n) is 13.2. The maximum Gasteiger partial charge on any atom is 0.416 e. The molecule has 134 valence electrons. The molecule has 9 heteroatoms. The number of anilines is 2. The fourth-order valence-corrected chi connectivity index (χ4v) is 2.22. The van der Waals surface area contributed by atoms with Crippen LogP contribution in [0.3, 0.4) is 0 Å². The number of nitrogens with one attached hydrogen (secondary N) is 2. The topological polar surface area (TPSA) is 42.5 Å². The third-order valence-electron chi connectivity index (χ3n) is 3.18. The van der Waals surface area contributed by atoms with Crippen LogP contribution in [-0.4, -0.2) is 19.3 Å². The van der Waals surface area contributed by atoms with Crippen LogP contribution in [0, 0.1) is 5.82 Å². The van der Waals surface area contributed by atoms with Gasteiger partial charge in [0, 0.05) is 11.8 Å². The lowest BCUT2D eigenvalue weighted by Crippen LogP contribution is -2.20. The second-order valence-electron chi connectivity index (χ2n) is 4.84. The van der Waals surface area contributed by atoms with Gasteiger partial charge in [-0.3, -0.25) is 0 Å². The summed E-state index contributed by atoms with van der Waals surface area (Å²) in [6.45, 7) is 0. The van der Waals surface area contributed by atoms with Crippen molar-refractivity contribution in [3.8, 4) is 11.5 Å². The highest BCUT2D eigenvalue weighted by atomic mass is 32.1. The second-order valence-corrected chi connectivity index (χ2v) is 5.25. The van der Waals surface area contributed by atoms with Gasteiger partial charge in [0.05, 0.1) is 25.5 Å². The summed E-state index contributed by atoms with van der Waals surface area (Å²) in [5, 5.41) is 5.07. The molecular formula is C16H14F4N2O2S. The van der Waals surface area contributed by atoms with Crippen LogP contribution in [0.4, 0.5) is 28.9 Å². The van der Waals surface area contributed by atoms with E-state index < -0.39 is 17.6 Å².